The zero-order valence-electron chi connectivity index (χ0n) is 8.96. The minimum atomic E-state index is 0.833. The van der Waals surface area contributed by atoms with Gasteiger partial charge in [-0.15, -0.1) is 0 Å². The number of nitrogens with zero attached hydrogens (tertiary/aromatic N) is 1. The summed E-state index contributed by atoms with van der Waals surface area (Å²) in [7, 11) is 0. The lowest BCUT2D eigenvalue weighted by Crippen LogP contribution is -2.21. The lowest BCUT2D eigenvalue weighted by atomic mass is 10.2. The molecule has 0 aliphatic carbocycles. The maximum atomic E-state index is 3.97. The fourth-order valence-electron chi connectivity index (χ4n) is 1.32. The number of para-hydroxylation sites is 1. The van der Waals surface area contributed by atoms with Crippen molar-refractivity contribution in [3.05, 3.63) is 54.8 Å². The van der Waals surface area contributed by atoms with Crippen LogP contribution in [0.5, 0.6) is 0 Å². The van der Waals surface area contributed by atoms with Crippen LogP contribution in [0.4, 0.5) is 5.69 Å². The minimum Gasteiger partial charge on any atom is -0.342 e. The Morgan fingerprint density at radius 1 is 1.14 bits per heavy atom. The van der Waals surface area contributed by atoms with Crippen LogP contribution in [-0.4, -0.2) is 6.54 Å². The molecule has 0 spiro atoms. The van der Waals surface area contributed by atoms with Crippen LogP contribution in [0.15, 0.2) is 54.8 Å². The first kappa shape index (κ1) is 10.6. The van der Waals surface area contributed by atoms with E-state index in [4.69, 9.17) is 0 Å². The molecule has 14 heavy (non-hydrogen) atoms. The largest absolute Gasteiger partial charge is 0.342 e. The molecule has 1 rings (SSSR count). The molecule has 0 aliphatic heterocycles. The van der Waals surface area contributed by atoms with Gasteiger partial charge in [-0.1, -0.05) is 36.9 Å². The van der Waals surface area contributed by atoms with E-state index in [0.29, 0.717) is 0 Å². The Morgan fingerprint density at radius 3 is 2.14 bits per heavy atom. The fourth-order valence-corrected chi connectivity index (χ4v) is 1.32. The van der Waals surface area contributed by atoms with Crippen molar-refractivity contribution in [2.24, 2.45) is 0 Å². The van der Waals surface area contributed by atoms with Crippen LogP contribution >= 0.6 is 0 Å². The third-order valence-corrected chi connectivity index (χ3v) is 1.96. The third kappa shape index (κ3) is 2.77. The predicted molar refractivity (Wildman–Crippen MR) is 63.4 cm³/mol. The summed E-state index contributed by atoms with van der Waals surface area (Å²) in [6.45, 7) is 12.8. The number of allylic oxidation sites excluding steroid dienone is 1. The van der Waals surface area contributed by atoms with E-state index >= 15 is 0 Å². The number of hydrogen-bond donors (Lipinski definition) is 0. The Kier molecular flexibility index (Phi) is 3.52. The molecule has 0 saturated carbocycles. The Bertz CT molecular complexity index is 324. The number of hydrogen-bond acceptors (Lipinski definition) is 1. The summed E-state index contributed by atoms with van der Waals surface area (Å²) < 4.78 is 0. The predicted octanol–water partition coefficient (Wildman–Crippen LogP) is 3.60. The standard InChI is InChI=1S/C13H17N/c1-11(2)10-14(12(3)4)13-8-6-5-7-9-13/h5-9H,1,3,10H2,2,4H3. The minimum absolute atomic E-state index is 0.833. The molecule has 1 nitrogen and oxygen atoms in total. The quantitative estimate of drug-likeness (QED) is 0.651. The SMILES string of the molecule is C=C(C)CN(C(=C)C)c1ccccc1. The van der Waals surface area contributed by atoms with Gasteiger partial charge in [-0.2, -0.15) is 0 Å². The van der Waals surface area contributed by atoms with Crippen LogP contribution in [0.25, 0.3) is 0 Å². The van der Waals surface area contributed by atoms with E-state index in [2.05, 4.69) is 30.2 Å². The molecule has 1 aromatic rings. The van der Waals surface area contributed by atoms with E-state index in [9.17, 15) is 0 Å². The number of anilines is 1. The van der Waals surface area contributed by atoms with Gasteiger partial charge in [-0.25, -0.2) is 0 Å². The Balaban J connectivity index is 2.89. The molecule has 0 aliphatic rings. The smallest absolute Gasteiger partial charge is 0.0432 e. The molecule has 0 bridgehead atoms. The maximum absolute atomic E-state index is 3.97. The van der Waals surface area contributed by atoms with Gasteiger partial charge in [0.05, 0.1) is 0 Å². The van der Waals surface area contributed by atoms with Crippen molar-refractivity contribution in [2.45, 2.75) is 13.8 Å². The lowest BCUT2D eigenvalue weighted by molar-refractivity contribution is 0.974. The van der Waals surface area contributed by atoms with Crippen LogP contribution in [0.3, 0.4) is 0 Å². The van der Waals surface area contributed by atoms with Crippen LogP contribution < -0.4 is 4.90 Å². The normalized spacial score (nSPS) is 9.57. The second-order valence-corrected chi connectivity index (χ2v) is 3.61. The van der Waals surface area contributed by atoms with Crippen molar-refractivity contribution in [1.29, 1.82) is 0 Å². The molecule has 1 heteroatoms. The van der Waals surface area contributed by atoms with E-state index in [-0.39, 0.29) is 0 Å². The first-order valence-corrected chi connectivity index (χ1v) is 4.73. The molecular formula is C13H17N. The maximum Gasteiger partial charge on any atom is 0.0432 e. The molecule has 0 saturated heterocycles. The highest BCUT2D eigenvalue weighted by Crippen LogP contribution is 2.18. The average Bonchev–Trinajstić information content (AvgIpc) is 2.15. The molecule has 0 unspecified atom stereocenters. The van der Waals surface area contributed by atoms with E-state index in [1.165, 1.54) is 5.69 Å². The highest BCUT2D eigenvalue weighted by Gasteiger charge is 2.05. The van der Waals surface area contributed by atoms with Crippen molar-refractivity contribution in [2.75, 3.05) is 11.4 Å². The summed E-state index contributed by atoms with van der Waals surface area (Å²) in [5.41, 5.74) is 3.35. The van der Waals surface area contributed by atoms with Crippen molar-refractivity contribution in [1.82, 2.24) is 0 Å². The molecule has 0 atom stereocenters. The summed E-state index contributed by atoms with van der Waals surface area (Å²) in [5.74, 6) is 0. The Labute approximate surface area is 86.4 Å². The molecule has 0 fully saturated rings. The van der Waals surface area contributed by atoms with E-state index in [0.717, 1.165) is 17.8 Å². The first-order valence-electron chi connectivity index (χ1n) is 4.73. The molecule has 1 aromatic carbocycles. The van der Waals surface area contributed by atoms with Crippen molar-refractivity contribution in [3.63, 3.8) is 0 Å². The average molecular weight is 187 g/mol. The molecular weight excluding hydrogens is 170 g/mol. The van der Waals surface area contributed by atoms with Gasteiger partial charge in [0.1, 0.15) is 0 Å². The third-order valence-electron chi connectivity index (χ3n) is 1.96. The molecule has 0 radical (unpaired) electrons. The lowest BCUT2D eigenvalue weighted by Gasteiger charge is -2.24. The summed E-state index contributed by atoms with van der Waals surface area (Å²) in [5, 5.41) is 0. The molecule has 0 heterocycles. The summed E-state index contributed by atoms with van der Waals surface area (Å²) >= 11 is 0. The van der Waals surface area contributed by atoms with E-state index < -0.39 is 0 Å². The highest BCUT2D eigenvalue weighted by molar-refractivity contribution is 5.51. The fraction of sp³-hybridized carbons (Fsp3) is 0.231. The van der Waals surface area contributed by atoms with Gasteiger partial charge in [0.2, 0.25) is 0 Å². The van der Waals surface area contributed by atoms with Gasteiger partial charge in [-0.05, 0) is 26.0 Å². The van der Waals surface area contributed by atoms with Crippen molar-refractivity contribution >= 4 is 5.69 Å². The van der Waals surface area contributed by atoms with Gasteiger partial charge in [0.15, 0.2) is 0 Å². The number of benzene rings is 1. The molecule has 0 amide bonds. The van der Waals surface area contributed by atoms with Crippen LogP contribution in [0.2, 0.25) is 0 Å². The van der Waals surface area contributed by atoms with E-state index in [1.807, 2.05) is 32.0 Å². The van der Waals surface area contributed by atoms with Gasteiger partial charge < -0.3 is 4.90 Å². The summed E-state index contributed by atoms with van der Waals surface area (Å²) in [6, 6.07) is 10.2. The van der Waals surface area contributed by atoms with Crippen molar-refractivity contribution < 1.29 is 0 Å². The zero-order valence-corrected chi connectivity index (χ0v) is 8.96. The van der Waals surface area contributed by atoms with Crippen LogP contribution in [0, 0.1) is 0 Å². The van der Waals surface area contributed by atoms with Gasteiger partial charge in [0, 0.05) is 17.9 Å². The second kappa shape index (κ2) is 4.66. The van der Waals surface area contributed by atoms with Crippen LogP contribution in [0.1, 0.15) is 13.8 Å². The molecule has 0 aromatic heterocycles. The first-order chi connectivity index (χ1) is 6.61. The molecule has 74 valence electrons. The summed E-state index contributed by atoms with van der Waals surface area (Å²) in [4.78, 5) is 2.16. The number of rotatable bonds is 4. The van der Waals surface area contributed by atoms with E-state index in [1.54, 1.807) is 0 Å². The Morgan fingerprint density at radius 2 is 1.71 bits per heavy atom. The van der Waals surface area contributed by atoms with Crippen LogP contribution in [-0.2, 0) is 0 Å². The topological polar surface area (TPSA) is 3.24 Å². The Hall–Kier alpha value is -1.50. The highest BCUT2D eigenvalue weighted by atomic mass is 15.1. The monoisotopic (exact) mass is 187 g/mol. The van der Waals surface area contributed by atoms with Gasteiger partial charge >= 0.3 is 0 Å². The zero-order chi connectivity index (χ0) is 10.6. The summed E-state index contributed by atoms with van der Waals surface area (Å²) in [6.07, 6.45) is 0. The van der Waals surface area contributed by atoms with Gasteiger partial charge in [-0.3, -0.25) is 0 Å². The second-order valence-electron chi connectivity index (χ2n) is 3.61. The van der Waals surface area contributed by atoms with Crippen molar-refractivity contribution in [3.8, 4) is 0 Å². The molecule has 0 N–H and O–H groups in total. The van der Waals surface area contributed by atoms with Gasteiger partial charge in [0.25, 0.3) is 0 Å².